The zero-order valence-electron chi connectivity index (χ0n) is 10.8. The maximum atomic E-state index is 6.12. The van der Waals surface area contributed by atoms with E-state index in [2.05, 4.69) is 19.9 Å². The number of aromatic nitrogens is 4. The molecule has 2 heterocycles. The molecule has 1 aromatic carbocycles. The number of benzene rings is 1. The fraction of sp³-hybridized carbons (Fsp3) is 0.154. The van der Waals surface area contributed by atoms with Gasteiger partial charge in [-0.25, -0.2) is 15.0 Å². The Balaban J connectivity index is 1.99. The molecule has 3 N–H and O–H groups in total. The fourth-order valence-corrected chi connectivity index (χ4v) is 2.74. The van der Waals surface area contributed by atoms with Gasteiger partial charge >= 0.3 is 0 Å². The van der Waals surface area contributed by atoms with Crippen molar-refractivity contribution in [2.75, 3.05) is 12.3 Å². The summed E-state index contributed by atoms with van der Waals surface area (Å²) in [5.41, 5.74) is 8.18. The highest BCUT2D eigenvalue weighted by Gasteiger charge is 2.11. The average Bonchev–Trinajstić information content (AvgIpc) is 2.93. The van der Waals surface area contributed by atoms with Gasteiger partial charge < -0.3 is 15.5 Å². The topological polar surface area (TPSA) is 89.7 Å². The van der Waals surface area contributed by atoms with E-state index in [1.54, 1.807) is 6.33 Å². The Labute approximate surface area is 119 Å². The quantitative estimate of drug-likeness (QED) is 0.566. The van der Waals surface area contributed by atoms with Crippen LogP contribution in [-0.4, -0.2) is 26.5 Å². The van der Waals surface area contributed by atoms with E-state index >= 15 is 0 Å². The van der Waals surface area contributed by atoms with E-state index in [9.17, 15) is 0 Å². The van der Waals surface area contributed by atoms with Crippen molar-refractivity contribution in [1.29, 1.82) is 0 Å². The number of imidazole rings is 1. The van der Waals surface area contributed by atoms with Crippen molar-refractivity contribution >= 4 is 28.6 Å². The minimum absolute atomic E-state index is 0.580. The van der Waals surface area contributed by atoms with Gasteiger partial charge in [0.05, 0.1) is 18.6 Å². The summed E-state index contributed by atoms with van der Waals surface area (Å²) in [7, 11) is 0. The third-order valence-electron chi connectivity index (χ3n) is 2.72. The number of rotatable bonds is 4. The van der Waals surface area contributed by atoms with Crippen molar-refractivity contribution in [2.24, 2.45) is 0 Å². The Morgan fingerprint density at radius 3 is 3.05 bits per heavy atom. The minimum Gasteiger partial charge on any atom is -0.492 e. The number of aromatic amines is 1. The molecule has 0 saturated carbocycles. The van der Waals surface area contributed by atoms with Crippen molar-refractivity contribution in [3.8, 4) is 5.75 Å². The second kappa shape index (κ2) is 5.38. The van der Waals surface area contributed by atoms with E-state index in [1.165, 1.54) is 18.1 Å². The SMILES string of the molecule is CCOc1cccc(Sc2ncnc3nc[nH]c23)c1N. The normalized spacial score (nSPS) is 10.8. The molecule has 0 saturated heterocycles. The predicted molar refractivity (Wildman–Crippen MR) is 77.8 cm³/mol. The van der Waals surface area contributed by atoms with E-state index in [-0.39, 0.29) is 0 Å². The number of anilines is 1. The van der Waals surface area contributed by atoms with Crippen molar-refractivity contribution in [3.05, 3.63) is 30.9 Å². The molecule has 2 aromatic heterocycles. The second-order valence-electron chi connectivity index (χ2n) is 3.98. The smallest absolute Gasteiger partial charge is 0.181 e. The molecule has 0 fully saturated rings. The lowest BCUT2D eigenvalue weighted by Crippen LogP contribution is -1.98. The molecule has 7 heteroatoms. The summed E-state index contributed by atoms with van der Waals surface area (Å²) in [5.74, 6) is 0.687. The molecule has 0 spiro atoms. The first kappa shape index (κ1) is 12.7. The molecule has 0 atom stereocenters. The molecule has 0 radical (unpaired) electrons. The van der Waals surface area contributed by atoms with Crippen LogP contribution >= 0.6 is 11.8 Å². The lowest BCUT2D eigenvalue weighted by molar-refractivity contribution is 0.341. The molecule has 0 aliphatic rings. The number of fused-ring (bicyclic) bond motifs is 1. The monoisotopic (exact) mass is 287 g/mol. The first-order valence-corrected chi connectivity index (χ1v) is 6.94. The number of H-pyrrole nitrogens is 1. The van der Waals surface area contributed by atoms with Gasteiger partial charge in [0.15, 0.2) is 5.65 Å². The fourth-order valence-electron chi connectivity index (χ4n) is 1.82. The zero-order chi connectivity index (χ0) is 13.9. The molecule has 6 nitrogen and oxygen atoms in total. The van der Waals surface area contributed by atoms with Crippen LogP contribution in [0, 0.1) is 0 Å². The molecule has 20 heavy (non-hydrogen) atoms. The highest BCUT2D eigenvalue weighted by atomic mass is 32.2. The minimum atomic E-state index is 0.580. The summed E-state index contributed by atoms with van der Waals surface area (Å²) in [6.45, 7) is 2.51. The standard InChI is InChI=1S/C13H13N5OS/c1-2-19-8-4-3-5-9(10(8)14)20-13-11-12(16-6-15-11)17-7-18-13/h3-7H,2,14H2,1H3,(H,15,16,17,18). The van der Waals surface area contributed by atoms with Crippen LogP contribution in [0.5, 0.6) is 5.75 Å². The number of nitrogen functional groups attached to an aromatic ring is 1. The van der Waals surface area contributed by atoms with Gasteiger partial charge in [-0.1, -0.05) is 17.8 Å². The van der Waals surface area contributed by atoms with Gasteiger partial charge in [-0.05, 0) is 19.1 Å². The zero-order valence-corrected chi connectivity index (χ0v) is 11.6. The molecule has 0 unspecified atom stereocenters. The summed E-state index contributed by atoms with van der Waals surface area (Å²) < 4.78 is 5.50. The lowest BCUT2D eigenvalue weighted by atomic mass is 10.3. The highest BCUT2D eigenvalue weighted by Crippen LogP contribution is 2.37. The third-order valence-corrected chi connectivity index (χ3v) is 3.80. The number of para-hydroxylation sites is 1. The van der Waals surface area contributed by atoms with Crippen molar-refractivity contribution in [3.63, 3.8) is 0 Å². The van der Waals surface area contributed by atoms with Crippen LogP contribution in [0.15, 0.2) is 40.8 Å². The number of ether oxygens (including phenoxy) is 1. The van der Waals surface area contributed by atoms with Gasteiger partial charge in [-0.2, -0.15) is 0 Å². The molecule has 0 aliphatic carbocycles. The van der Waals surface area contributed by atoms with Crippen LogP contribution in [0.4, 0.5) is 5.69 Å². The van der Waals surface area contributed by atoms with Crippen molar-refractivity contribution in [2.45, 2.75) is 16.8 Å². The Hall–Kier alpha value is -2.28. The number of hydrogen-bond acceptors (Lipinski definition) is 6. The van der Waals surface area contributed by atoms with Crippen LogP contribution in [0.3, 0.4) is 0 Å². The predicted octanol–water partition coefficient (Wildman–Crippen LogP) is 2.48. The number of nitrogens with zero attached hydrogens (tertiary/aromatic N) is 3. The number of nitrogens with one attached hydrogen (secondary N) is 1. The van der Waals surface area contributed by atoms with Gasteiger partial charge in [-0.15, -0.1) is 0 Å². The summed E-state index contributed by atoms with van der Waals surface area (Å²) in [5, 5.41) is 0.785. The van der Waals surface area contributed by atoms with Gasteiger partial charge in [0.1, 0.15) is 22.6 Å². The maximum absolute atomic E-state index is 6.12. The van der Waals surface area contributed by atoms with E-state index in [0.717, 1.165) is 15.4 Å². The highest BCUT2D eigenvalue weighted by molar-refractivity contribution is 7.99. The summed E-state index contributed by atoms with van der Waals surface area (Å²) in [6.07, 6.45) is 3.09. The van der Waals surface area contributed by atoms with Crippen LogP contribution in [0.2, 0.25) is 0 Å². The Kier molecular flexibility index (Phi) is 3.42. The molecule has 0 aliphatic heterocycles. The van der Waals surface area contributed by atoms with E-state index in [0.29, 0.717) is 23.7 Å². The Morgan fingerprint density at radius 2 is 2.20 bits per heavy atom. The first-order valence-electron chi connectivity index (χ1n) is 6.12. The third kappa shape index (κ3) is 2.27. The van der Waals surface area contributed by atoms with Crippen LogP contribution in [0.1, 0.15) is 6.92 Å². The van der Waals surface area contributed by atoms with Gasteiger partial charge in [0.2, 0.25) is 0 Å². The van der Waals surface area contributed by atoms with E-state index in [4.69, 9.17) is 10.5 Å². The number of nitrogens with two attached hydrogens (primary N) is 1. The molecule has 0 amide bonds. The summed E-state index contributed by atoms with van der Waals surface area (Å²) in [6, 6.07) is 5.70. The second-order valence-corrected chi connectivity index (χ2v) is 5.01. The largest absolute Gasteiger partial charge is 0.492 e. The van der Waals surface area contributed by atoms with Gasteiger partial charge in [-0.3, -0.25) is 0 Å². The van der Waals surface area contributed by atoms with Crippen LogP contribution in [0.25, 0.3) is 11.2 Å². The Bertz CT molecular complexity index is 742. The molecular weight excluding hydrogens is 274 g/mol. The Morgan fingerprint density at radius 1 is 1.30 bits per heavy atom. The summed E-state index contributed by atoms with van der Waals surface area (Å²) >= 11 is 1.46. The van der Waals surface area contributed by atoms with Gasteiger partial charge in [0.25, 0.3) is 0 Å². The van der Waals surface area contributed by atoms with E-state index in [1.807, 2.05) is 25.1 Å². The maximum Gasteiger partial charge on any atom is 0.181 e. The van der Waals surface area contributed by atoms with Crippen molar-refractivity contribution in [1.82, 2.24) is 19.9 Å². The molecule has 0 bridgehead atoms. The first-order chi connectivity index (χ1) is 9.79. The summed E-state index contributed by atoms with van der Waals surface area (Å²) in [4.78, 5) is 16.4. The lowest BCUT2D eigenvalue weighted by Gasteiger charge is -2.10. The van der Waals surface area contributed by atoms with Crippen molar-refractivity contribution < 1.29 is 4.74 Å². The molecular formula is C13H13N5OS. The van der Waals surface area contributed by atoms with Gasteiger partial charge in [0, 0.05) is 4.90 Å². The van der Waals surface area contributed by atoms with E-state index < -0.39 is 0 Å². The number of hydrogen-bond donors (Lipinski definition) is 2. The molecule has 3 rings (SSSR count). The average molecular weight is 287 g/mol. The van der Waals surface area contributed by atoms with Crippen LogP contribution < -0.4 is 10.5 Å². The molecule has 102 valence electrons. The van der Waals surface area contributed by atoms with Crippen LogP contribution in [-0.2, 0) is 0 Å². The molecule has 3 aromatic rings.